The van der Waals surface area contributed by atoms with Gasteiger partial charge in [-0.05, 0) is 69.7 Å². The summed E-state index contributed by atoms with van der Waals surface area (Å²) >= 11 is 0. The molecule has 5 rings (SSSR count). The van der Waals surface area contributed by atoms with Gasteiger partial charge >= 0.3 is 5.97 Å². The lowest BCUT2D eigenvalue weighted by Crippen LogP contribution is -2.51. The highest BCUT2D eigenvalue weighted by Crippen LogP contribution is 2.45. The Morgan fingerprint density at radius 2 is 1.82 bits per heavy atom. The molecule has 0 aromatic carbocycles. The average molecular weight is 547 g/mol. The molecule has 4 heterocycles. The van der Waals surface area contributed by atoms with E-state index < -0.39 is 16.6 Å². The molecule has 0 unspecified atom stereocenters. The van der Waals surface area contributed by atoms with Crippen molar-refractivity contribution in [1.82, 2.24) is 19.9 Å². The van der Waals surface area contributed by atoms with Gasteiger partial charge in [0, 0.05) is 37.9 Å². The molecule has 1 aliphatic carbocycles. The number of rotatable bonds is 6. The van der Waals surface area contributed by atoms with Crippen LogP contribution in [-0.2, 0) is 15.1 Å². The number of pyridine rings is 3. The number of carbonyl (C=O) groups is 2. The van der Waals surface area contributed by atoms with Crippen molar-refractivity contribution in [2.45, 2.75) is 77.5 Å². The molecule has 10 heteroatoms. The van der Waals surface area contributed by atoms with Crippen LogP contribution in [-0.4, -0.2) is 57.5 Å². The van der Waals surface area contributed by atoms with E-state index in [-0.39, 0.29) is 23.9 Å². The third-order valence-corrected chi connectivity index (χ3v) is 8.20. The summed E-state index contributed by atoms with van der Waals surface area (Å²) in [6.45, 7) is 11.6. The first kappa shape index (κ1) is 27.8. The van der Waals surface area contributed by atoms with Crippen LogP contribution in [0, 0.1) is 5.41 Å². The van der Waals surface area contributed by atoms with Gasteiger partial charge in [0.2, 0.25) is 11.8 Å². The Balaban J connectivity index is 1.45. The highest BCUT2D eigenvalue weighted by atomic mass is 16.6. The Morgan fingerprint density at radius 1 is 1.12 bits per heavy atom. The van der Waals surface area contributed by atoms with Crippen molar-refractivity contribution < 1.29 is 19.1 Å². The predicted molar refractivity (Wildman–Crippen MR) is 153 cm³/mol. The first-order valence-corrected chi connectivity index (χ1v) is 13.6. The van der Waals surface area contributed by atoms with Crippen LogP contribution in [0.3, 0.4) is 0 Å². The number of hydrogen-bond donors (Lipinski definition) is 2. The molecular formula is C30H38N6O4. The van der Waals surface area contributed by atoms with E-state index in [0.29, 0.717) is 41.6 Å². The summed E-state index contributed by atoms with van der Waals surface area (Å²) in [5.74, 6) is 1.26. The summed E-state index contributed by atoms with van der Waals surface area (Å²) in [6, 6.07) is 5.39. The number of nitrogens with zero attached hydrogens (tertiary/aromatic N) is 4. The summed E-state index contributed by atoms with van der Waals surface area (Å²) < 4.78 is 11.9. The Labute approximate surface area is 234 Å². The van der Waals surface area contributed by atoms with Gasteiger partial charge in [-0.3, -0.25) is 4.79 Å². The number of anilines is 2. The van der Waals surface area contributed by atoms with Crippen molar-refractivity contribution >= 4 is 34.3 Å². The van der Waals surface area contributed by atoms with E-state index in [9.17, 15) is 9.59 Å². The Kier molecular flexibility index (Phi) is 6.52. The van der Waals surface area contributed by atoms with Gasteiger partial charge in [-0.1, -0.05) is 13.8 Å². The SMILES string of the molecule is C[C@@H]1c2nc(Nc3cc4c(C(C)(C)N)cnc(O[C@H]5C[C@@](C)(C(=O)N(C)C)C5)c4cn3)ccc2C(=O)OC1(C)C. The number of fused-ring (bicyclic) bond motifs is 2. The van der Waals surface area contributed by atoms with E-state index in [1.54, 1.807) is 43.5 Å². The van der Waals surface area contributed by atoms with Crippen LogP contribution in [0.15, 0.2) is 30.6 Å². The summed E-state index contributed by atoms with van der Waals surface area (Å²) in [4.78, 5) is 40.6. The van der Waals surface area contributed by atoms with Crippen LogP contribution in [0.5, 0.6) is 5.88 Å². The second-order valence-electron chi connectivity index (χ2n) is 12.7. The molecule has 0 bridgehead atoms. The monoisotopic (exact) mass is 546 g/mol. The topological polar surface area (TPSA) is 133 Å². The fourth-order valence-corrected chi connectivity index (χ4v) is 5.58. The first-order chi connectivity index (χ1) is 18.6. The second-order valence-corrected chi connectivity index (χ2v) is 12.7. The number of nitrogens with one attached hydrogen (secondary N) is 1. The Hall–Kier alpha value is -3.79. The van der Waals surface area contributed by atoms with Gasteiger partial charge in [-0.2, -0.15) is 0 Å². The van der Waals surface area contributed by atoms with Crippen LogP contribution in [0.25, 0.3) is 10.8 Å². The van der Waals surface area contributed by atoms with Gasteiger partial charge in [-0.25, -0.2) is 19.7 Å². The molecule has 2 aliphatic rings. The number of aromatic nitrogens is 3. The lowest BCUT2D eigenvalue weighted by molar-refractivity contribution is -0.149. The lowest BCUT2D eigenvalue weighted by atomic mass is 9.67. The molecule has 10 nitrogen and oxygen atoms in total. The zero-order valence-electron chi connectivity index (χ0n) is 24.5. The van der Waals surface area contributed by atoms with Crippen LogP contribution in [0.4, 0.5) is 11.6 Å². The minimum absolute atomic E-state index is 0.0803. The molecule has 1 fully saturated rings. The molecule has 1 saturated carbocycles. The number of esters is 1. The highest BCUT2D eigenvalue weighted by molar-refractivity contribution is 5.93. The third kappa shape index (κ3) is 4.85. The fourth-order valence-electron chi connectivity index (χ4n) is 5.58. The van der Waals surface area contributed by atoms with Gasteiger partial charge in [0.15, 0.2) is 0 Å². The first-order valence-electron chi connectivity index (χ1n) is 13.6. The molecule has 3 aromatic rings. The average Bonchev–Trinajstić information content (AvgIpc) is 2.84. The highest BCUT2D eigenvalue weighted by Gasteiger charge is 2.48. The Bertz CT molecular complexity index is 1500. The van der Waals surface area contributed by atoms with Crippen LogP contribution in [0.1, 0.15) is 81.9 Å². The minimum Gasteiger partial charge on any atom is -0.474 e. The maximum Gasteiger partial charge on any atom is 0.340 e. The van der Waals surface area contributed by atoms with Gasteiger partial charge < -0.3 is 25.4 Å². The van der Waals surface area contributed by atoms with Crippen molar-refractivity contribution in [1.29, 1.82) is 0 Å². The normalized spacial score (nSPS) is 23.6. The molecule has 1 amide bonds. The second kappa shape index (κ2) is 9.40. The molecular weight excluding hydrogens is 508 g/mol. The molecule has 1 aliphatic heterocycles. The van der Waals surface area contributed by atoms with E-state index >= 15 is 0 Å². The summed E-state index contributed by atoms with van der Waals surface area (Å²) in [5.41, 5.74) is 6.79. The van der Waals surface area contributed by atoms with Crippen molar-refractivity contribution in [3.05, 3.63) is 47.4 Å². The largest absolute Gasteiger partial charge is 0.474 e. The van der Waals surface area contributed by atoms with Gasteiger partial charge in [-0.15, -0.1) is 0 Å². The zero-order valence-corrected chi connectivity index (χ0v) is 24.5. The van der Waals surface area contributed by atoms with Crippen LogP contribution in [0.2, 0.25) is 0 Å². The molecule has 212 valence electrons. The predicted octanol–water partition coefficient (Wildman–Crippen LogP) is 4.65. The van der Waals surface area contributed by atoms with Crippen molar-refractivity contribution in [2.75, 3.05) is 19.4 Å². The van der Waals surface area contributed by atoms with E-state index in [1.165, 1.54) is 0 Å². The number of cyclic esters (lactones) is 1. The lowest BCUT2D eigenvalue weighted by Gasteiger charge is -2.44. The summed E-state index contributed by atoms with van der Waals surface area (Å²) in [5, 5.41) is 4.89. The fraction of sp³-hybridized carbons (Fsp3) is 0.500. The smallest absolute Gasteiger partial charge is 0.340 e. The van der Waals surface area contributed by atoms with Crippen LogP contribution >= 0.6 is 0 Å². The standard InChI is InChI=1S/C30H38N6O4/c1-16-24-18(26(37)40-29(16,4)5)9-10-22(35-24)34-23-11-19-20(14-32-23)25(33-15-21(19)28(2,3)31)39-17-12-30(6,13-17)27(38)36(7)8/h9-11,14-17H,12-13,31H2,1-8H3,(H,32,34,35)/t16-,17-,30+/m1/s1. The minimum atomic E-state index is -0.666. The van der Waals surface area contributed by atoms with E-state index in [0.717, 1.165) is 16.3 Å². The molecule has 0 spiro atoms. The number of hydrogen-bond acceptors (Lipinski definition) is 9. The molecule has 1 atom stereocenters. The maximum absolute atomic E-state index is 12.5. The molecule has 0 saturated heterocycles. The van der Waals surface area contributed by atoms with Crippen LogP contribution < -0.4 is 15.8 Å². The van der Waals surface area contributed by atoms with Crippen molar-refractivity contribution in [3.63, 3.8) is 0 Å². The molecule has 40 heavy (non-hydrogen) atoms. The number of ether oxygens (including phenoxy) is 2. The molecule has 3 aromatic heterocycles. The zero-order chi connectivity index (χ0) is 29.2. The van der Waals surface area contributed by atoms with E-state index in [2.05, 4.69) is 15.3 Å². The third-order valence-electron chi connectivity index (χ3n) is 8.20. The van der Waals surface area contributed by atoms with E-state index in [1.807, 2.05) is 47.6 Å². The summed E-state index contributed by atoms with van der Waals surface area (Å²) in [7, 11) is 3.55. The molecule has 0 radical (unpaired) electrons. The quantitative estimate of drug-likeness (QED) is 0.424. The number of nitrogens with two attached hydrogens (primary N) is 1. The maximum atomic E-state index is 12.5. The number of carbonyl (C=O) groups excluding carboxylic acids is 2. The van der Waals surface area contributed by atoms with Gasteiger partial charge in [0.25, 0.3) is 0 Å². The van der Waals surface area contributed by atoms with Gasteiger partial charge in [0.1, 0.15) is 23.3 Å². The van der Waals surface area contributed by atoms with Crippen molar-refractivity contribution in [2.24, 2.45) is 11.1 Å². The molecule has 3 N–H and O–H groups in total. The Morgan fingerprint density at radius 3 is 2.48 bits per heavy atom. The van der Waals surface area contributed by atoms with Crippen molar-refractivity contribution in [3.8, 4) is 5.88 Å². The summed E-state index contributed by atoms with van der Waals surface area (Å²) in [6.07, 6.45) is 4.60. The van der Waals surface area contributed by atoms with E-state index in [4.69, 9.17) is 20.2 Å². The number of amides is 1. The van der Waals surface area contributed by atoms with Gasteiger partial charge in [0.05, 0.1) is 22.1 Å².